The Morgan fingerprint density at radius 3 is 3.18 bits per heavy atom. The molecule has 6 heteroatoms. The van der Waals surface area contributed by atoms with E-state index in [2.05, 4.69) is 4.98 Å². The summed E-state index contributed by atoms with van der Waals surface area (Å²) >= 11 is 0. The summed E-state index contributed by atoms with van der Waals surface area (Å²) in [5, 5.41) is 9.10. The highest BCUT2D eigenvalue weighted by Crippen LogP contribution is 2.25. The van der Waals surface area contributed by atoms with Crippen molar-refractivity contribution in [3.8, 4) is 5.88 Å². The third kappa shape index (κ3) is 2.59. The van der Waals surface area contributed by atoms with Gasteiger partial charge in [0.1, 0.15) is 0 Å². The van der Waals surface area contributed by atoms with Gasteiger partial charge in [0, 0.05) is 19.2 Å². The second-order valence-corrected chi connectivity index (χ2v) is 3.89. The molecule has 1 aromatic rings. The Kier molecular flexibility index (Phi) is 3.65. The number of nitrogens with zero attached hydrogens (tertiary/aromatic N) is 2. The number of nitrogens with two attached hydrogens (primary N) is 1. The Morgan fingerprint density at radius 1 is 1.65 bits per heavy atom. The first kappa shape index (κ1) is 11.9. The lowest BCUT2D eigenvalue weighted by molar-refractivity contribution is 0.00338. The van der Waals surface area contributed by atoms with Crippen molar-refractivity contribution in [1.82, 2.24) is 4.98 Å². The minimum Gasteiger partial charge on any atom is -0.481 e. The Labute approximate surface area is 100.0 Å². The summed E-state index contributed by atoms with van der Waals surface area (Å²) in [7, 11) is 1.57. The molecule has 0 bridgehead atoms. The molecule has 3 N–H and O–H groups in total. The van der Waals surface area contributed by atoms with Crippen LogP contribution in [0.25, 0.3) is 0 Å². The van der Waals surface area contributed by atoms with Crippen molar-refractivity contribution in [3.63, 3.8) is 0 Å². The number of pyridine rings is 1. The van der Waals surface area contributed by atoms with Crippen molar-refractivity contribution in [2.45, 2.75) is 6.10 Å². The number of ether oxygens (including phenoxy) is 2. The smallest absolute Gasteiger partial charge is 0.215 e. The van der Waals surface area contributed by atoms with Crippen LogP contribution in [-0.4, -0.2) is 49.6 Å². The summed E-state index contributed by atoms with van der Waals surface area (Å²) in [4.78, 5) is 6.33. The van der Waals surface area contributed by atoms with E-state index >= 15 is 0 Å². The largest absolute Gasteiger partial charge is 0.481 e. The van der Waals surface area contributed by atoms with Crippen LogP contribution in [-0.2, 0) is 4.74 Å². The molecule has 17 heavy (non-hydrogen) atoms. The fraction of sp³-hybridized carbons (Fsp3) is 0.545. The van der Waals surface area contributed by atoms with Gasteiger partial charge in [0.25, 0.3) is 0 Å². The zero-order valence-electron chi connectivity index (χ0n) is 9.80. The molecule has 0 radical (unpaired) electrons. The minimum absolute atomic E-state index is 0.000370. The maximum atomic E-state index is 9.10. The lowest BCUT2D eigenvalue weighted by atomic mass is 10.2. The normalized spacial score (nSPS) is 20.4. The highest BCUT2D eigenvalue weighted by atomic mass is 16.5. The number of aliphatic hydroxyl groups is 1. The average molecular weight is 239 g/mol. The van der Waals surface area contributed by atoms with E-state index in [0.717, 1.165) is 0 Å². The van der Waals surface area contributed by atoms with Gasteiger partial charge in [0.05, 0.1) is 32.1 Å². The Bertz CT molecular complexity index is 386. The number of hydrogen-bond acceptors (Lipinski definition) is 6. The molecule has 0 aromatic carbocycles. The van der Waals surface area contributed by atoms with Gasteiger partial charge in [-0.3, -0.25) is 0 Å². The topological polar surface area (TPSA) is 80.8 Å². The van der Waals surface area contributed by atoms with Crippen LogP contribution in [0.2, 0.25) is 0 Å². The van der Waals surface area contributed by atoms with Crippen LogP contribution in [0.5, 0.6) is 5.88 Å². The number of hydrogen-bond donors (Lipinski definition) is 2. The summed E-state index contributed by atoms with van der Waals surface area (Å²) in [5.74, 6) is 1.22. The van der Waals surface area contributed by atoms with Crippen molar-refractivity contribution >= 4 is 11.5 Å². The van der Waals surface area contributed by atoms with Crippen LogP contribution >= 0.6 is 0 Å². The number of rotatable bonds is 3. The van der Waals surface area contributed by atoms with Crippen LogP contribution < -0.4 is 15.4 Å². The molecule has 0 aliphatic carbocycles. The number of methoxy groups -OCH3 is 1. The van der Waals surface area contributed by atoms with Gasteiger partial charge in [-0.2, -0.15) is 4.98 Å². The van der Waals surface area contributed by atoms with Crippen LogP contribution in [0, 0.1) is 0 Å². The molecular formula is C11H17N3O3. The Balaban J connectivity index is 2.20. The summed E-state index contributed by atoms with van der Waals surface area (Å²) < 4.78 is 10.5. The van der Waals surface area contributed by atoms with Crippen LogP contribution in [0.1, 0.15) is 0 Å². The lowest BCUT2D eigenvalue weighted by Crippen LogP contribution is -2.44. The third-order valence-electron chi connectivity index (χ3n) is 2.73. The molecule has 1 unspecified atom stereocenters. The van der Waals surface area contributed by atoms with Gasteiger partial charge in [-0.05, 0) is 6.07 Å². The van der Waals surface area contributed by atoms with Crippen molar-refractivity contribution in [2.24, 2.45) is 0 Å². The van der Waals surface area contributed by atoms with Crippen molar-refractivity contribution < 1.29 is 14.6 Å². The predicted molar refractivity (Wildman–Crippen MR) is 64.2 cm³/mol. The second kappa shape index (κ2) is 5.20. The summed E-state index contributed by atoms with van der Waals surface area (Å²) in [6, 6.07) is 3.49. The van der Waals surface area contributed by atoms with Crippen LogP contribution in [0.15, 0.2) is 12.1 Å². The summed E-state index contributed by atoms with van der Waals surface area (Å²) in [5.41, 5.74) is 6.50. The van der Waals surface area contributed by atoms with E-state index in [0.29, 0.717) is 37.1 Å². The highest BCUT2D eigenvalue weighted by Gasteiger charge is 2.22. The van der Waals surface area contributed by atoms with E-state index < -0.39 is 0 Å². The van der Waals surface area contributed by atoms with E-state index in [1.165, 1.54) is 0 Å². The first-order valence-corrected chi connectivity index (χ1v) is 5.52. The maximum absolute atomic E-state index is 9.10. The van der Waals surface area contributed by atoms with Gasteiger partial charge in [-0.1, -0.05) is 0 Å². The van der Waals surface area contributed by atoms with Gasteiger partial charge in [-0.25, -0.2) is 0 Å². The summed E-state index contributed by atoms with van der Waals surface area (Å²) in [6.07, 6.45) is -0.184. The molecule has 2 rings (SSSR count). The minimum atomic E-state index is -0.184. The average Bonchev–Trinajstić information content (AvgIpc) is 2.39. The Morgan fingerprint density at radius 2 is 2.47 bits per heavy atom. The van der Waals surface area contributed by atoms with Crippen molar-refractivity contribution in [1.29, 1.82) is 0 Å². The molecule has 1 fully saturated rings. The lowest BCUT2D eigenvalue weighted by Gasteiger charge is -2.33. The SMILES string of the molecule is COc1ccc(N)c(N2CCOC(CO)C2)n1. The molecule has 0 spiro atoms. The number of morpholine rings is 1. The second-order valence-electron chi connectivity index (χ2n) is 3.89. The molecule has 2 heterocycles. The zero-order chi connectivity index (χ0) is 12.3. The van der Waals surface area contributed by atoms with E-state index in [4.69, 9.17) is 20.3 Å². The van der Waals surface area contributed by atoms with Gasteiger partial charge in [-0.15, -0.1) is 0 Å². The van der Waals surface area contributed by atoms with Gasteiger partial charge in [0.2, 0.25) is 5.88 Å². The molecule has 0 saturated carbocycles. The number of aliphatic hydroxyl groups excluding tert-OH is 1. The zero-order valence-corrected chi connectivity index (χ0v) is 9.80. The highest BCUT2D eigenvalue weighted by molar-refractivity contribution is 5.63. The maximum Gasteiger partial charge on any atom is 0.215 e. The van der Waals surface area contributed by atoms with E-state index in [1.54, 1.807) is 19.2 Å². The third-order valence-corrected chi connectivity index (χ3v) is 2.73. The van der Waals surface area contributed by atoms with Gasteiger partial charge in [0.15, 0.2) is 5.82 Å². The van der Waals surface area contributed by atoms with Crippen molar-refractivity contribution in [2.75, 3.05) is 44.0 Å². The Hall–Kier alpha value is -1.53. The van der Waals surface area contributed by atoms with E-state index in [-0.39, 0.29) is 12.7 Å². The van der Waals surface area contributed by atoms with Crippen molar-refractivity contribution in [3.05, 3.63) is 12.1 Å². The fourth-order valence-corrected chi connectivity index (χ4v) is 1.83. The van der Waals surface area contributed by atoms with Gasteiger partial charge >= 0.3 is 0 Å². The number of aromatic nitrogens is 1. The molecule has 1 saturated heterocycles. The fourth-order valence-electron chi connectivity index (χ4n) is 1.83. The quantitative estimate of drug-likeness (QED) is 0.764. The molecule has 94 valence electrons. The summed E-state index contributed by atoms with van der Waals surface area (Å²) in [6.45, 7) is 1.85. The van der Waals surface area contributed by atoms with E-state index in [9.17, 15) is 0 Å². The van der Waals surface area contributed by atoms with Crippen LogP contribution in [0.4, 0.5) is 11.5 Å². The molecule has 1 aliphatic heterocycles. The molecule has 0 amide bonds. The molecular weight excluding hydrogens is 222 g/mol. The monoisotopic (exact) mass is 239 g/mol. The molecule has 1 atom stereocenters. The first-order chi connectivity index (χ1) is 8.24. The standard InChI is InChI=1S/C11H17N3O3/c1-16-10-3-2-9(12)11(13-10)14-4-5-17-8(6-14)7-15/h2-3,8,15H,4-7,12H2,1H3. The molecule has 6 nitrogen and oxygen atoms in total. The van der Waals surface area contributed by atoms with Gasteiger partial charge < -0.3 is 25.2 Å². The predicted octanol–water partition coefficient (Wildman–Crippen LogP) is -0.130. The molecule has 1 aromatic heterocycles. The number of anilines is 2. The number of nitrogen functional groups attached to an aromatic ring is 1. The molecule has 1 aliphatic rings. The van der Waals surface area contributed by atoms with Crippen LogP contribution in [0.3, 0.4) is 0 Å². The first-order valence-electron chi connectivity index (χ1n) is 5.52. The van der Waals surface area contributed by atoms with E-state index in [1.807, 2.05) is 4.90 Å².